The Labute approximate surface area is 96.9 Å². The van der Waals surface area contributed by atoms with Crippen molar-refractivity contribution in [3.05, 3.63) is 35.4 Å². The van der Waals surface area contributed by atoms with E-state index in [0.29, 0.717) is 0 Å². The van der Waals surface area contributed by atoms with Gasteiger partial charge in [0.1, 0.15) is 0 Å². The van der Waals surface area contributed by atoms with Crippen LogP contribution in [0, 0.1) is 0 Å². The second-order valence-electron chi connectivity index (χ2n) is 5.21. The van der Waals surface area contributed by atoms with E-state index in [1.54, 1.807) is 0 Å². The van der Waals surface area contributed by atoms with Crippen molar-refractivity contribution in [3.8, 4) is 0 Å². The van der Waals surface area contributed by atoms with E-state index in [0.717, 1.165) is 24.9 Å². The van der Waals surface area contributed by atoms with Gasteiger partial charge in [-0.25, -0.2) is 0 Å². The molecule has 0 atom stereocenters. The molecule has 0 unspecified atom stereocenters. The number of hydrogen-bond donors (Lipinski definition) is 1. The van der Waals surface area contributed by atoms with E-state index in [-0.39, 0.29) is 0 Å². The molecule has 16 heavy (non-hydrogen) atoms. The molecule has 0 bridgehead atoms. The molecule has 2 aliphatic rings. The Balaban J connectivity index is 1.67. The normalized spacial score (nSPS) is 23.6. The molecule has 1 aliphatic heterocycles. The summed E-state index contributed by atoms with van der Waals surface area (Å²) in [5, 5.41) is 9.96. The molecule has 86 valence electrons. The smallest absolute Gasteiger partial charge is 0.0899 e. The summed E-state index contributed by atoms with van der Waals surface area (Å²) in [5.41, 5.74) is 1.99. The molecule has 1 aromatic carbocycles. The number of likely N-dealkylation sites (tertiary alicyclic amines) is 1. The summed E-state index contributed by atoms with van der Waals surface area (Å²) in [4.78, 5) is 2.50. The highest BCUT2D eigenvalue weighted by molar-refractivity contribution is 5.30. The molecule has 2 nitrogen and oxygen atoms in total. The number of benzene rings is 1. The van der Waals surface area contributed by atoms with Crippen LogP contribution in [-0.2, 0) is 12.1 Å². The van der Waals surface area contributed by atoms with Crippen LogP contribution in [0.4, 0.5) is 0 Å². The summed E-state index contributed by atoms with van der Waals surface area (Å²) < 4.78 is 0. The lowest BCUT2D eigenvalue weighted by atomic mass is 10.1. The van der Waals surface area contributed by atoms with Crippen molar-refractivity contribution in [2.75, 3.05) is 13.1 Å². The molecule has 1 N–H and O–H groups in total. The second-order valence-corrected chi connectivity index (χ2v) is 5.21. The zero-order valence-corrected chi connectivity index (χ0v) is 9.65. The second kappa shape index (κ2) is 3.86. The van der Waals surface area contributed by atoms with E-state index in [9.17, 15) is 5.11 Å². The van der Waals surface area contributed by atoms with Crippen molar-refractivity contribution in [1.29, 1.82) is 0 Å². The third-order valence-electron chi connectivity index (χ3n) is 3.82. The first-order valence-corrected chi connectivity index (χ1v) is 6.30. The van der Waals surface area contributed by atoms with E-state index >= 15 is 0 Å². The van der Waals surface area contributed by atoms with Crippen LogP contribution in [0.3, 0.4) is 0 Å². The average molecular weight is 217 g/mol. The summed E-state index contributed by atoms with van der Waals surface area (Å²) in [6, 6.07) is 8.53. The summed E-state index contributed by atoms with van der Waals surface area (Å²) in [6.07, 6.45) is 4.55. The van der Waals surface area contributed by atoms with E-state index in [4.69, 9.17) is 0 Å². The van der Waals surface area contributed by atoms with Crippen molar-refractivity contribution < 1.29 is 5.11 Å². The molecular formula is C14H19NO. The quantitative estimate of drug-likeness (QED) is 0.839. The van der Waals surface area contributed by atoms with Crippen LogP contribution in [0.2, 0.25) is 0 Å². The monoisotopic (exact) mass is 217 g/mol. The molecule has 3 rings (SSSR count). The van der Waals surface area contributed by atoms with Crippen molar-refractivity contribution in [1.82, 2.24) is 4.90 Å². The first-order chi connectivity index (χ1) is 7.76. The Hall–Kier alpha value is -0.860. The van der Waals surface area contributed by atoms with Gasteiger partial charge in [0.2, 0.25) is 0 Å². The van der Waals surface area contributed by atoms with Crippen LogP contribution < -0.4 is 0 Å². The Morgan fingerprint density at radius 3 is 2.25 bits per heavy atom. The molecule has 0 aromatic heterocycles. The maximum absolute atomic E-state index is 9.96. The fraction of sp³-hybridized carbons (Fsp3) is 0.571. The molecule has 1 heterocycles. The molecule has 0 amide bonds. The van der Waals surface area contributed by atoms with Gasteiger partial charge < -0.3 is 5.11 Å². The van der Waals surface area contributed by atoms with Gasteiger partial charge >= 0.3 is 0 Å². The molecule has 0 radical (unpaired) electrons. The summed E-state index contributed by atoms with van der Waals surface area (Å²) in [5.74, 6) is 0. The number of nitrogens with zero attached hydrogens (tertiary/aromatic N) is 1. The van der Waals surface area contributed by atoms with Crippen LogP contribution in [-0.4, -0.2) is 23.1 Å². The highest BCUT2D eigenvalue weighted by atomic mass is 16.3. The van der Waals surface area contributed by atoms with Crippen LogP contribution in [0.1, 0.15) is 36.8 Å². The molecule has 1 aliphatic carbocycles. The predicted molar refractivity (Wildman–Crippen MR) is 64.1 cm³/mol. The van der Waals surface area contributed by atoms with Crippen molar-refractivity contribution in [3.63, 3.8) is 0 Å². The molecule has 1 saturated heterocycles. The minimum absolute atomic E-state index is 0.480. The first-order valence-electron chi connectivity index (χ1n) is 6.30. The topological polar surface area (TPSA) is 23.5 Å². The van der Waals surface area contributed by atoms with Crippen molar-refractivity contribution in [2.45, 2.75) is 37.8 Å². The van der Waals surface area contributed by atoms with E-state index in [1.807, 2.05) is 0 Å². The summed E-state index contributed by atoms with van der Waals surface area (Å²) in [6.45, 7) is 3.55. The van der Waals surface area contributed by atoms with Gasteiger partial charge in [-0.3, -0.25) is 4.90 Å². The molecule has 0 spiro atoms. The Morgan fingerprint density at radius 1 is 1.06 bits per heavy atom. The minimum atomic E-state index is -0.480. The largest absolute Gasteiger partial charge is 0.385 e. The van der Waals surface area contributed by atoms with Gasteiger partial charge in [0, 0.05) is 6.54 Å². The molecule has 1 aromatic rings. The van der Waals surface area contributed by atoms with Crippen LogP contribution in [0.25, 0.3) is 0 Å². The lowest BCUT2D eigenvalue weighted by molar-refractivity contribution is 0.151. The van der Waals surface area contributed by atoms with Gasteiger partial charge in [0.25, 0.3) is 0 Å². The number of rotatable bonds is 3. The third-order valence-corrected chi connectivity index (χ3v) is 3.82. The van der Waals surface area contributed by atoms with Gasteiger partial charge in [0.05, 0.1) is 5.60 Å². The van der Waals surface area contributed by atoms with Gasteiger partial charge in [-0.1, -0.05) is 24.3 Å². The van der Waals surface area contributed by atoms with Gasteiger partial charge in [-0.2, -0.15) is 0 Å². The standard InChI is InChI=1S/C14H19NO/c16-14(7-8-14)13-5-3-12(4-6-13)11-15-9-1-2-10-15/h3-6,16H,1-2,7-11H2. The summed E-state index contributed by atoms with van der Waals surface area (Å²) in [7, 11) is 0. The highest BCUT2D eigenvalue weighted by Crippen LogP contribution is 2.45. The predicted octanol–water partition coefficient (Wildman–Crippen LogP) is 2.26. The van der Waals surface area contributed by atoms with Crippen LogP contribution >= 0.6 is 0 Å². The first kappa shape index (κ1) is 10.3. The fourth-order valence-electron chi connectivity index (χ4n) is 2.53. The van der Waals surface area contributed by atoms with E-state index < -0.39 is 5.60 Å². The van der Waals surface area contributed by atoms with Gasteiger partial charge in [0.15, 0.2) is 0 Å². The zero-order chi connectivity index (χ0) is 11.0. The molecule has 2 fully saturated rings. The third kappa shape index (κ3) is 2.00. The lowest BCUT2D eigenvalue weighted by Gasteiger charge is -2.15. The van der Waals surface area contributed by atoms with Crippen molar-refractivity contribution in [2.24, 2.45) is 0 Å². The minimum Gasteiger partial charge on any atom is -0.385 e. The number of aliphatic hydroxyl groups is 1. The Kier molecular flexibility index (Phi) is 2.49. The van der Waals surface area contributed by atoms with Crippen molar-refractivity contribution >= 4 is 0 Å². The number of hydrogen-bond acceptors (Lipinski definition) is 2. The maximum Gasteiger partial charge on any atom is 0.0899 e. The van der Waals surface area contributed by atoms with Gasteiger partial charge in [-0.05, 0) is 49.9 Å². The maximum atomic E-state index is 9.96. The average Bonchev–Trinajstić information content (AvgIpc) is 2.85. The summed E-state index contributed by atoms with van der Waals surface area (Å²) >= 11 is 0. The van der Waals surface area contributed by atoms with E-state index in [2.05, 4.69) is 29.2 Å². The Morgan fingerprint density at radius 2 is 1.69 bits per heavy atom. The molecule has 1 saturated carbocycles. The fourth-order valence-corrected chi connectivity index (χ4v) is 2.53. The van der Waals surface area contributed by atoms with Gasteiger partial charge in [-0.15, -0.1) is 0 Å². The lowest BCUT2D eigenvalue weighted by Crippen LogP contribution is -2.18. The molecule has 2 heteroatoms. The van der Waals surface area contributed by atoms with Crippen LogP contribution in [0.15, 0.2) is 24.3 Å². The van der Waals surface area contributed by atoms with E-state index in [1.165, 1.54) is 31.5 Å². The Bertz CT molecular complexity index is 361. The SMILES string of the molecule is OC1(c2ccc(CN3CCCC3)cc2)CC1. The molecular weight excluding hydrogens is 198 g/mol. The van der Waals surface area contributed by atoms with Crippen LogP contribution in [0.5, 0.6) is 0 Å². The zero-order valence-electron chi connectivity index (χ0n) is 9.65. The highest BCUT2D eigenvalue weighted by Gasteiger charge is 2.41.